The zero-order valence-electron chi connectivity index (χ0n) is 20.2. The van der Waals surface area contributed by atoms with Gasteiger partial charge in [0.25, 0.3) is 0 Å². The Morgan fingerprint density at radius 2 is 1.43 bits per heavy atom. The normalized spacial score (nSPS) is 25.1. The molecule has 0 amide bonds. The Labute approximate surface area is 205 Å². The third-order valence-corrected chi connectivity index (χ3v) is 8.11. The summed E-state index contributed by atoms with van der Waals surface area (Å²) in [7, 11) is 0. The van der Waals surface area contributed by atoms with Crippen molar-refractivity contribution in [3.8, 4) is 11.8 Å². The van der Waals surface area contributed by atoms with Crippen molar-refractivity contribution in [1.82, 2.24) is 0 Å². The molecule has 188 valence electrons. The fourth-order valence-electron chi connectivity index (χ4n) is 6.14. The fourth-order valence-corrected chi connectivity index (χ4v) is 6.14. The molecule has 2 nitrogen and oxygen atoms in total. The average molecular weight is 488 g/mol. The smallest absolute Gasteiger partial charge is 0.426 e. The zero-order chi connectivity index (χ0) is 25.0. The van der Waals surface area contributed by atoms with Crippen LogP contribution in [-0.2, 0) is 6.11 Å². The van der Waals surface area contributed by atoms with Crippen molar-refractivity contribution < 1.29 is 22.3 Å². The zero-order valence-corrected chi connectivity index (χ0v) is 20.2. The van der Waals surface area contributed by atoms with Gasteiger partial charge in [-0.2, -0.15) is 14.0 Å². The molecule has 0 N–H and O–H groups in total. The highest BCUT2D eigenvalue weighted by atomic mass is 19.3. The van der Waals surface area contributed by atoms with Gasteiger partial charge in [-0.15, -0.1) is 0 Å². The number of hydrogen-bond acceptors (Lipinski definition) is 2. The lowest BCUT2D eigenvalue weighted by Crippen LogP contribution is -2.25. The van der Waals surface area contributed by atoms with Crippen LogP contribution in [0.25, 0.3) is 0 Å². The fraction of sp³-hybridized carbons (Fsp3) is 0.552. The van der Waals surface area contributed by atoms with Gasteiger partial charge in [0.15, 0.2) is 0 Å². The number of alkyl halides is 2. The molecule has 2 aliphatic rings. The van der Waals surface area contributed by atoms with Crippen molar-refractivity contribution in [3.05, 3.63) is 64.7 Å². The van der Waals surface area contributed by atoms with E-state index in [0.29, 0.717) is 18.1 Å². The monoisotopic (exact) mass is 487 g/mol. The summed E-state index contributed by atoms with van der Waals surface area (Å²) in [5.41, 5.74) is -0.758. The van der Waals surface area contributed by atoms with E-state index in [0.717, 1.165) is 36.2 Å². The molecule has 0 unspecified atom stereocenters. The summed E-state index contributed by atoms with van der Waals surface area (Å²) < 4.78 is 61.4. The van der Waals surface area contributed by atoms with Crippen LogP contribution >= 0.6 is 0 Å². The second-order valence-electron chi connectivity index (χ2n) is 10.3. The highest BCUT2D eigenvalue weighted by Gasteiger charge is 2.37. The standard InChI is InChI=1S/C29H33F4NO/c1-2-3-19-4-6-20(7-5-19)21-8-10-22(11-9-21)23-12-14-25(15-13-23)35-29(32,33)24-16-27(30)26(18-34)28(31)17-24/h12-17,19-22H,2-11H2,1H3. The third-order valence-electron chi connectivity index (χ3n) is 8.11. The van der Waals surface area contributed by atoms with E-state index in [9.17, 15) is 17.6 Å². The number of rotatable bonds is 7. The van der Waals surface area contributed by atoms with E-state index >= 15 is 0 Å². The summed E-state index contributed by atoms with van der Waals surface area (Å²) in [6, 6.07) is 8.79. The summed E-state index contributed by atoms with van der Waals surface area (Å²) >= 11 is 0. The number of nitriles is 1. The lowest BCUT2D eigenvalue weighted by molar-refractivity contribution is -0.185. The number of halogens is 4. The van der Waals surface area contributed by atoms with Crippen LogP contribution in [0.2, 0.25) is 0 Å². The van der Waals surface area contributed by atoms with E-state index in [1.165, 1.54) is 69.6 Å². The summed E-state index contributed by atoms with van der Waals surface area (Å²) in [5.74, 6) is 0.245. The maximum atomic E-state index is 14.5. The number of nitrogens with zero attached hydrogens (tertiary/aromatic N) is 1. The van der Waals surface area contributed by atoms with Crippen molar-refractivity contribution in [2.45, 2.75) is 83.2 Å². The first-order chi connectivity index (χ1) is 16.8. The number of benzene rings is 2. The first-order valence-electron chi connectivity index (χ1n) is 12.9. The summed E-state index contributed by atoms with van der Waals surface area (Å²) in [5, 5.41) is 8.72. The Kier molecular flexibility index (Phi) is 8.04. The average Bonchev–Trinajstić information content (AvgIpc) is 2.85. The molecule has 0 aliphatic heterocycles. The lowest BCUT2D eigenvalue weighted by atomic mass is 9.68. The van der Waals surface area contributed by atoms with E-state index in [2.05, 4.69) is 6.92 Å². The first-order valence-corrected chi connectivity index (χ1v) is 12.9. The summed E-state index contributed by atoms with van der Waals surface area (Å²) in [4.78, 5) is 0. The third kappa shape index (κ3) is 6.00. The largest absolute Gasteiger partial charge is 0.429 e. The Balaban J connectivity index is 1.32. The molecule has 2 saturated carbocycles. The molecule has 0 spiro atoms. The molecule has 0 heterocycles. The maximum Gasteiger partial charge on any atom is 0.426 e. The molecule has 2 aromatic carbocycles. The molecule has 2 aromatic rings. The van der Waals surface area contributed by atoms with E-state index in [1.54, 1.807) is 0 Å². The summed E-state index contributed by atoms with van der Waals surface area (Å²) in [6.45, 7) is 2.27. The van der Waals surface area contributed by atoms with Gasteiger partial charge in [-0.05, 0) is 92.0 Å². The van der Waals surface area contributed by atoms with E-state index in [1.807, 2.05) is 12.1 Å². The molecule has 0 aromatic heterocycles. The van der Waals surface area contributed by atoms with Crippen molar-refractivity contribution in [2.75, 3.05) is 0 Å². The van der Waals surface area contributed by atoms with Gasteiger partial charge in [0, 0.05) is 0 Å². The van der Waals surface area contributed by atoms with Crippen LogP contribution in [0, 0.1) is 40.7 Å². The molecule has 0 bridgehead atoms. The van der Waals surface area contributed by atoms with Crippen LogP contribution in [0.3, 0.4) is 0 Å². The van der Waals surface area contributed by atoms with Crippen LogP contribution in [0.4, 0.5) is 17.6 Å². The van der Waals surface area contributed by atoms with Gasteiger partial charge >= 0.3 is 6.11 Å². The van der Waals surface area contributed by atoms with Crippen molar-refractivity contribution in [3.63, 3.8) is 0 Å². The number of ether oxygens (including phenoxy) is 1. The van der Waals surface area contributed by atoms with Crippen LogP contribution in [0.15, 0.2) is 36.4 Å². The van der Waals surface area contributed by atoms with Crippen LogP contribution in [0.5, 0.6) is 5.75 Å². The molecular weight excluding hydrogens is 454 g/mol. The summed E-state index contributed by atoms with van der Waals surface area (Å²) in [6.07, 6.45) is 8.88. The molecule has 6 heteroatoms. The minimum absolute atomic E-state index is 0.0820. The quantitative estimate of drug-likeness (QED) is 0.366. The van der Waals surface area contributed by atoms with Crippen LogP contribution in [0.1, 0.15) is 93.7 Å². The predicted molar refractivity (Wildman–Crippen MR) is 127 cm³/mol. The Hall–Kier alpha value is -2.55. The maximum absolute atomic E-state index is 14.5. The van der Waals surface area contributed by atoms with Gasteiger partial charge in [0.1, 0.15) is 29.0 Å². The molecule has 2 fully saturated rings. The van der Waals surface area contributed by atoms with Crippen LogP contribution < -0.4 is 4.74 Å². The molecule has 0 atom stereocenters. The first kappa shape index (κ1) is 25.5. The second kappa shape index (κ2) is 11.0. The molecule has 0 radical (unpaired) electrons. The lowest BCUT2D eigenvalue weighted by Gasteiger charge is -2.38. The SMILES string of the molecule is CCCC1CCC(C2CCC(c3ccc(OC(F)(F)c4cc(F)c(C#N)c(F)c4)cc3)CC2)CC1. The van der Waals surface area contributed by atoms with Crippen molar-refractivity contribution >= 4 is 0 Å². The Bertz CT molecular complexity index is 1010. The van der Waals surface area contributed by atoms with E-state index in [-0.39, 0.29) is 5.75 Å². The minimum atomic E-state index is -3.94. The van der Waals surface area contributed by atoms with Gasteiger partial charge in [0.05, 0.1) is 5.56 Å². The van der Waals surface area contributed by atoms with E-state index in [4.69, 9.17) is 10.00 Å². The molecule has 0 saturated heterocycles. The molecule has 2 aliphatic carbocycles. The Morgan fingerprint density at radius 3 is 1.94 bits per heavy atom. The molecule has 4 rings (SSSR count). The van der Waals surface area contributed by atoms with Gasteiger partial charge in [-0.3, -0.25) is 0 Å². The van der Waals surface area contributed by atoms with Crippen LogP contribution in [-0.4, -0.2) is 0 Å². The number of hydrogen-bond donors (Lipinski definition) is 0. The molecule has 35 heavy (non-hydrogen) atoms. The Morgan fingerprint density at radius 1 is 0.886 bits per heavy atom. The highest BCUT2D eigenvalue weighted by molar-refractivity contribution is 5.37. The van der Waals surface area contributed by atoms with Crippen molar-refractivity contribution in [1.29, 1.82) is 5.26 Å². The van der Waals surface area contributed by atoms with Gasteiger partial charge in [-0.1, -0.05) is 44.7 Å². The van der Waals surface area contributed by atoms with Gasteiger partial charge in [-0.25, -0.2) is 8.78 Å². The second-order valence-corrected chi connectivity index (χ2v) is 10.3. The minimum Gasteiger partial charge on any atom is -0.429 e. The topological polar surface area (TPSA) is 33.0 Å². The van der Waals surface area contributed by atoms with E-state index < -0.39 is 28.9 Å². The van der Waals surface area contributed by atoms with Gasteiger partial charge in [0.2, 0.25) is 0 Å². The highest BCUT2D eigenvalue weighted by Crippen LogP contribution is 2.45. The van der Waals surface area contributed by atoms with Gasteiger partial charge < -0.3 is 4.74 Å². The predicted octanol–water partition coefficient (Wildman–Crippen LogP) is 8.85. The van der Waals surface area contributed by atoms with Crippen molar-refractivity contribution in [2.24, 2.45) is 17.8 Å². The molecular formula is C29H33F4NO.